The molecule has 8 heteroatoms. The first-order valence-electron chi connectivity index (χ1n) is 8.74. The van der Waals surface area contributed by atoms with Gasteiger partial charge in [0.1, 0.15) is 24.0 Å². The van der Waals surface area contributed by atoms with Crippen molar-refractivity contribution >= 4 is 11.8 Å². The molecule has 0 saturated heterocycles. The van der Waals surface area contributed by atoms with Gasteiger partial charge in [-0.3, -0.25) is 9.59 Å². The van der Waals surface area contributed by atoms with Crippen molar-refractivity contribution in [2.24, 2.45) is 5.73 Å². The van der Waals surface area contributed by atoms with Gasteiger partial charge in [-0.25, -0.2) is 8.78 Å². The number of hydrogen-bond acceptors (Lipinski definition) is 4. The molecule has 1 aliphatic rings. The van der Waals surface area contributed by atoms with Crippen molar-refractivity contribution in [1.29, 1.82) is 0 Å². The molecule has 1 aliphatic heterocycles. The van der Waals surface area contributed by atoms with Gasteiger partial charge in [-0.1, -0.05) is 6.07 Å². The van der Waals surface area contributed by atoms with Crippen LogP contribution in [0.15, 0.2) is 24.3 Å². The van der Waals surface area contributed by atoms with E-state index >= 15 is 0 Å². The minimum absolute atomic E-state index is 0.161. The summed E-state index contributed by atoms with van der Waals surface area (Å²) in [6.45, 7) is -0.454. The quantitative estimate of drug-likeness (QED) is 0.758. The van der Waals surface area contributed by atoms with Gasteiger partial charge in [-0.15, -0.1) is 0 Å². The smallest absolute Gasteiger partial charge is 0.254 e. The van der Waals surface area contributed by atoms with Crippen molar-refractivity contribution in [1.82, 2.24) is 5.32 Å². The number of alkyl halides is 1. The van der Waals surface area contributed by atoms with E-state index in [1.165, 1.54) is 19.2 Å². The lowest BCUT2D eigenvalue weighted by Gasteiger charge is -2.15. The van der Waals surface area contributed by atoms with Crippen molar-refractivity contribution in [3.63, 3.8) is 0 Å². The topological polar surface area (TPSA) is 90.7 Å². The van der Waals surface area contributed by atoms with Crippen molar-refractivity contribution in [2.45, 2.75) is 12.8 Å². The number of ether oxygens (including phenoxy) is 2. The molecule has 6 nitrogen and oxygen atoms in total. The van der Waals surface area contributed by atoms with Crippen LogP contribution in [0.4, 0.5) is 8.78 Å². The highest BCUT2D eigenvalue weighted by molar-refractivity contribution is 5.97. The van der Waals surface area contributed by atoms with Crippen LogP contribution in [0, 0.1) is 5.82 Å². The molecule has 0 saturated carbocycles. The molecule has 2 aromatic carbocycles. The predicted octanol–water partition coefficient (Wildman–Crippen LogP) is 2.16. The number of fused-ring (bicyclic) bond motifs is 1. The first kappa shape index (κ1) is 19.6. The Morgan fingerprint density at radius 2 is 2.07 bits per heavy atom. The summed E-state index contributed by atoms with van der Waals surface area (Å²) < 4.78 is 37.5. The van der Waals surface area contributed by atoms with E-state index < -0.39 is 24.3 Å². The fourth-order valence-corrected chi connectivity index (χ4v) is 3.30. The van der Waals surface area contributed by atoms with E-state index in [9.17, 15) is 18.4 Å². The van der Waals surface area contributed by atoms with E-state index in [1.807, 2.05) is 0 Å². The van der Waals surface area contributed by atoms with Gasteiger partial charge < -0.3 is 20.5 Å². The molecular weight excluding hydrogens is 370 g/mol. The van der Waals surface area contributed by atoms with Crippen molar-refractivity contribution in [3.05, 3.63) is 57.9 Å². The van der Waals surface area contributed by atoms with Gasteiger partial charge in [0.05, 0.1) is 24.8 Å². The molecule has 0 aliphatic carbocycles. The van der Waals surface area contributed by atoms with Gasteiger partial charge >= 0.3 is 0 Å². The zero-order valence-corrected chi connectivity index (χ0v) is 15.3. The van der Waals surface area contributed by atoms with Crippen LogP contribution in [-0.2, 0) is 12.8 Å². The normalized spacial score (nSPS) is 12.2. The van der Waals surface area contributed by atoms with E-state index in [1.54, 1.807) is 12.1 Å². The molecule has 0 radical (unpaired) electrons. The number of hydrogen-bond donors (Lipinski definition) is 2. The molecule has 2 amide bonds. The molecule has 3 rings (SSSR count). The number of primary amides is 1. The molecule has 148 valence electrons. The average Bonchev–Trinajstić information content (AvgIpc) is 3.16. The summed E-state index contributed by atoms with van der Waals surface area (Å²) in [6.07, 6.45) is 0.852. The lowest BCUT2D eigenvalue weighted by atomic mass is 9.96. The van der Waals surface area contributed by atoms with Crippen LogP contribution < -0.4 is 20.5 Å². The second kappa shape index (κ2) is 8.24. The Labute approximate surface area is 160 Å². The van der Waals surface area contributed by atoms with Gasteiger partial charge in [-0.05, 0) is 29.3 Å². The van der Waals surface area contributed by atoms with Gasteiger partial charge in [0.25, 0.3) is 11.8 Å². The maximum absolute atomic E-state index is 14.4. The predicted molar refractivity (Wildman–Crippen MR) is 98.2 cm³/mol. The van der Waals surface area contributed by atoms with Crippen molar-refractivity contribution in [2.75, 3.05) is 26.9 Å². The van der Waals surface area contributed by atoms with Crippen LogP contribution in [-0.4, -0.2) is 38.8 Å². The molecule has 0 atom stereocenters. The molecule has 2 aromatic rings. The summed E-state index contributed by atoms with van der Waals surface area (Å²) >= 11 is 0. The highest BCUT2D eigenvalue weighted by Gasteiger charge is 2.26. The number of carbonyl (C=O) groups excluding carboxylic acids is 2. The van der Waals surface area contributed by atoms with Crippen molar-refractivity contribution in [3.8, 4) is 11.5 Å². The molecule has 0 fully saturated rings. The Kier molecular flexibility index (Phi) is 5.77. The third-order valence-electron chi connectivity index (χ3n) is 4.52. The van der Waals surface area contributed by atoms with E-state index in [2.05, 4.69) is 5.32 Å². The molecule has 0 unspecified atom stereocenters. The molecule has 3 N–H and O–H groups in total. The highest BCUT2D eigenvalue weighted by atomic mass is 19.1. The number of amides is 2. The number of carbonyl (C=O) groups is 2. The Hall–Kier alpha value is -3.16. The first-order valence-corrected chi connectivity index (χ1v) is 8.74. The minimum atomic E-state index is -0.726. The lowest BCUT2D eigenvalue weighted by molar-refractivity contribution is 0.0945. The minimum Gasteiger partial charge on any atom is -0.495 e. The molecule has 0 bridgehead atoms. The third-order valence-corrected chi connectivity index (χ3v) is 4.52. The summed E-state index contributed by atoms with van der Waals surface area (Å²) in [4.78, 5) is 23.6. The fourth-order valence-electron chi connectivity index (χ4n) is 3.30. The zero-order chi connectivity index (χ0) is 20.3. The van der Waals surface area contributed by atoms with E-state index in [0.29, 0.717) is 35.7 Å². The average molecular weight is 390 g/mol. The number of halogens is 2. The summed E-state index contributed by atoms with van der Waals surface area (Å²) in [7, 11) is 1.46. The van der Waals surface area contributed by atoms with E-state index in [-0.39, 0.29) is 24.1 Å². The number of methoxy groups -OCH3 is 1. The second-order valence-corrected chi connectivity index (χ2v) is 6.32. The fraction of sp³-hybridized carbons (Fsp3) is 0.300. The molecular formula is C20H20F2N2O4. The Morgan fingerprint density at radius 1 is 1.29 bits per heavy atom. The molecule has 0 spiro atoms. The third kappa shape index (κ3) is 3.76. The van der Waals surface area contributed by atoms with Crippen LogP contribution in [0.2, 0.25) is 0 Å². The Morgan fingerprint density at radius 3 is 2.71 bits per heavy atom. The van der Waals surface area contributed by atoms with E-state index in [0.717, 1.165) is 5.56 Å². The van der Waals surface area contributed by atoms with Crippen LogP contribution in [0.3, 0.4) is 0 Å². The summed E-state index contributed by atoms with van der Waals surface area (Å²) in [5.74, 6) is -1.01. The number of rotatable bonds is 7. The van der Waals surface area contributed by atoms with Crippen LogP contribution in [0.5, 0.6) is 11.5 Å². The SMILES string of the molecule is COc1c(C(N)=O)cc(Cc2ccc(C(=O)NCCF)c(F)c2)c2c1CCO2. The largest absolute Gasteiger partial charge is 0.495 e. The Balaban J connectivity index is 1.93. The number of benzene rings is 2. The molecule has 0 aromatic heterocycles. The molecule has 1 heterocycles. The van der Waals surface area contributed by atoms with E-state index in [4.69, 9.17) is 15.2 Å². The summed E-state index contributed by atoms with van der Waals surface area (Å²) in [5.41, 5.74) is 7.57. The monoisotopic (exact) mass is 390 g/mol. The van der Waals surface area contributed by atoms with Crippen LogP contribution >= 0.6 is 0 Å². The van der Waals surface area contributed by atoms with Gasteiger partial charge in [-0.2, -0.15) is 0 Å². The van der Waals surface area contributed by atoms with Crippen LogP contribution in [0.25, 0.3) is 0 Å². The zero-order valence-electron chi connectivity index (χ0n) is 15.3. The maximum atomic E-state index is 14.4. The summed E-state index contributed by atoms with van der Waals surface area (Å²) in [5, 5.41) is 2.29. The van der Waals surface area contributed by atoms with Crippen molar-refractivity contribution < 1.29 is 27.8 Å². The molecule has 28 heavy (non-hydrogen) atoms. The van der Waals surface area contributed by atoms with Gasteiger partial charge in [0.15, 0.2) is 0 Å². The van der Waals surface area contributed by atoms with Gasteiger partial charge in [0, 0.05) is 24.9 Å². The number of nitrogens with one attached hydrogen (secondary N) is 1. The first-order chi connectivity index (χ1) is 13.5. The van der Waals surface area contributed by atoms with Gasteiger partial charge in [0.2, 0.25) is 0 Å². The number of nitrogens with two attached hydrogens (primary N) is 1. The standard InChI is InChI=1S/C20H20F2N2O4/c1-27-18-14-4-7-28-17(14)12(10-15(18)19(23)25)8-11-2-3-13(16(22)9-11)20(26)24-6-5-21/h2-3,9-10H,4-8H2,1H3,(H2,23,25)(H,24,26). The summed E-state index contributed by atoms with van der Waals surface area (Å²) in [6, 6.07) is 5.77. The highest BCUT2D eigenvalue weighted by Crippen LogP contribution is 2.40. The Bertz CT molecular complexity index is 931. The second-order valence-electron chi connectivity index (χ2n) is 6.32. The van der Waals surface area contributed by atoms with Crippen LogP contribution in [0.1, 0.15) is 37.4 Å². The maximum Gasteiger partial charge on any atom is 0.254 e. The lowest BCUT2D eigenvalue weighted by Crippen LogP contribution is -2.26.